The Bertz CT molecular complexity index is 1190. The average molecular weight is 491 g/mol. The van der Waals surface area contributed by atoms with E-state index in [0.717, 1.165) is 37.5 Å². The third kappa shape index (κ3) is 5.82. The molecule has 2 heterocycles. The Morgan fingerprint density at radius 1 is 1.11 bits per heavy atom. The number of amides is 1. The Morgan fingerprint density at radius 3 is 2.57 bits per heavy atom. The van der Waals surface area contributed by atoms with Crippen LogP contribution in [0.5, 0.6) is 5.75 Å². The highest BCUT2D eigenvalue weighted by Crippen LogP contribution is 2.34. The van der Waals surface area contributed by atoms with Gasteiger partial charge in [-0.2, -0.15) is 18.3 Å². The number of benzene rings is 2. The van der Waals surface area contributed by atoms with Gasteiger partial charge in [0.1, 0.15) is 18.2 Å². The number of likely N-dealkylation sites (tertiary alicyclic amines) is 1. The number of ether oxygens (including phenoxy) is 1. The summed E-state index contributed by atoms with van der Waals surface area (Å²) < 4.78 is 61.2. The number of rotatable bonds is 7. The quantitative estimate of drug-likeness (QED) is 0.453. The van der Waals surface area contributed by atoms with Crippen molar-refractivity contribution in [2.24, 2.45) is 7.05 Å². The number of nitrogens with one attached hydrogen (secondary N) is 1. The molecule has 1 aliphatic rings. The van der Waals surface area contributed by atoms with Gasteiger partial charge < -0.3 is 10.1 Å². The molecule has 186 valence electrons. The number of halogens is 4. The zero-order chi connectivity index (χ0) is 25.0. The lowest BCUT2D eigenvalue weighted by molar-refractivity contribution is -0.140. The lowest BCUT2D eigenvalue weighted by Crippen LogP contribution is -2.33. The summed E-state index contributed by atoms with van der Waals surface area (Å²) in [4.78, 5) is 15.0. The summed E-state index contributed by atoms with van der Waals surface area (Å²) in [5, 5.41) is 6.67. The lowest BCUT2D eigenvalue weighted by atomic mass is 10.1. The molecule has 2 aromatic carbocycles. The van der Waals surface area contributed by atoms with E-state index in [1.54, 1.807) is 42.2 Å². The first-order valence-electron chi connectivity index (χ1n) is 11.4. The van der Waals surface area contributed by atoms with Crippen molar-refractivity contribution in [1.82, 2.24) is 14.7 Å². The number of alkyl halides is 3. The number of hydrogen-bond donors (Lipinski definition) is 1. The third-order valence-electron chi connectivity index (χ3n) is 6.00. The first-order chi connectivity index (χ1) is 16.7. The summed E-state index contributed by atoms with van der Waals surface area (Å²) in [6, 6.07) is 9.28. The van der Waals surface area contributed by atoms with E-state index in [1.807, 2.05) is 0 Å². The molecule has 0 radical (unpaired) electrons. The van der Waals surface area contributed by atoms with Gasteiger partial charge in [0.25, 0.3) is 5.91 Å². The van der Waals surface area contributed by atoms with Gasteiger partial charge >= 0.3 is 6.18 Å². The van der Waals surface area contributed by atoms with Crippen molar-refractivity contribution < 1.29 is 27.1 Å². The lowest BCUT2D eigenvalue weighted by Gasteiger charge is -2.26. The van der Waals surface area contributed by atoms with Gasteiger partial charge in [0.05, 0.1) is 16.8 Å². The monoisotopic (exact) mass is 490 g/mol. The van der Waals surface area contributed by atoms with Crippen LogP contribution in [0.15, 0.2) is 48.7 Å². The van der Waals surface area contributed by atoms with Gasteiger partial charge in [-0.25, -0.2) is 4.39 Å². The molecule has 0 saturated carbocycles. The molecule has 1 saturated heterocycles. The van der Waals surface area contributed by atoms with Crippen LogP contribution in [0.4, 0.5) is 23.2 Å². The van der Waals surface area contributed by atoms with Crippen molar-refractivity contribution >= 4 is 11.6 Å². The number of hydrogen-bond acceptors (Lipinski definition) is 4. The van der Waals surface area contributed by atoms with E-state index in [-0.39, 0.29) is 5.69 Å². The zero-order valence-electron chi connectivity index (χ0n) is 19.2. The maximum absolute atomic E-state index is 14.4. The Labute approximate surface area is 200 Å². The van der Waals surface area contributed by atoms with E-state index in [2.05, 4.69) is 15.3 Å². The fraction of sp³-hybridized carbons (Fsp3) is 0.360. The first kappa shape index (κ1) is 24.7. The highest BCUT2D eigenvalue weighted by atomic mass is 19.4. The smallest absolute Gasteiger partial charge is 0.419 e. The Balaban J connectivity index is 1.55. The number of aryl methyl sites for hydroxylation is 1. The average Bonchev–Trinajstić information content (AvgIpc) is 3.25. The molecule has 35 heavy (non-hydrogen) atoms. The molecule has 0 spiro atoms. The minimum atomic E-state index is -4.90. The van der Waals surface area contributed by atoms with Crippen molar-refractivity contribution in [3.63, 3.8) is 0 Å². The molecule has 0 atom stereocenters. The number of carbonyl (C=O) groups is 1. The van der Waals surface area contributed by atoms with Crippen molar-refractivity contribution in [2.45, 2.75) is 25.4 Å². The zero-order valence-corrected chi connectivity index (χ0v) is 19.2. The summed E-state index contributed by atoms with van der Waals surface area (Å²) in [7, 11) is 1.76. The Hall–Kier alpha value is -3.40. The summed E-state index contributed by atoms with van der Waals surface area (Å²) in [5.41, 5.74) is -0.529. The summed E-state index contributed by atoms with van der Waals surface area (Å²) in [6.07, 6.45) is 0.332. The molecule has 6 nitrogen and oxygen atoms in total. The van der Waals surface area contributed by atoms with Crippen LogP contribution in [-0.4, -0.2) is 46.8 Å². The van der Waals surface area contributed by atoms with Crippen LogP contribution in [0.3, 0.4) is 0 Å². The largest absolute Gasteiger partial charge is 0.492 e. The van der Waals surface area contributed by atoms with E-state index in [1.165, 1.54) is 19.3 Å². The van der Waals surface area contributed by atoms with Gasteiger partial charge in [0, 0.05) is 31.0 Å². The molecule has 1 N–H and O–H groups in total. The highest BCUT2D eigenvalue weighted by Gasteiger charge is 2.35. The molecule has 0 aliphatic carbocycles. The molecule has 1 amide bonds. The van der Waals surface area contributed by atoms with Crippen molar-refractivity contribution in [1.29, 1.82) is 0 Å². The van der Waals surface area contributed by atoms with E-state index >= 15 is 0 Å². The maximum Gasteiger partial charge on any atom is 0.419 e. The summed E-state index contributed by atoms with van der Waals surface area (Å²) >= 11 is 0. The van der Waals surface area contributed by atoms with Gasteiger partial charge in [-0.1, -0.05) is 12.5 Å². The van der Waals surface area contributed by atoms with E-state index < -0.39 is 29.0 Å². The standard InChI is InChI=1S/C25H26F4N4O2/c1-32-21(10-11-30-32)19-16-17(8-9-22(19)35-15-14-33-12-3-2-4-13-33)31-24(34)18-6-5-7-20(23(18)26)25(27,28)29/h5-11,16H,2-4,12-15H2,1H3,(H,31,34). The van der Waals surface area contributed by atoms with Crippen LogP contribution in [0.25, 0.3) is 11.3 Å². The fourth-order valence-corrected chi connectivity index (χ4v) is 4.16. The Kier molecular flexibility index (Phi) is 7.39. The molecule has 4 rings (SSSR count). The second kappa shape index (κ2) is 10.5. The van der Waals surface area contributed by atoms with Crippen LogP contribution in [-0.2, 0) is 13.2 Å². The first-order valence-corrected chi connectivity index (χ1v) is 11.4. The van der Waals surface area contributed by atoms with E-state index in [0.29, 0.717) is 24.0 Å². The maximum atomic E-state index is 14.4. The van der Waals surface area contributed by atoms with Gasteiger partial charge in [-0.3, -0.25) is 14.4 Å². The molecule has 1 aromatic heterocycles. The van der Waals surface area contributed by atoms with Gasteiger partial charge in [-0.05, 0) is 62.3 Å². The molecule has 1 aliphatic heterocycles. The number of aromatic nitrogens is 2. The van der Waals surface area contributed by atoms with Gasteiger partial charge in [0.15, 0.2) is 0 Å². The molecule has 0 unspecified atom stereocenters. The topological polar surface area (TPSA) is 59.4 Å². The van der Waals surface area contributed by atoms with Crippen LogP contribution >= 0.6 is 0 Å². The molecule has 0 bridgehead atoms. The molecular formula is C25H26F4N4O2. The predicted molar refractivity (Wildman–Crippen MR) is 124 cm³/mol. The minimum Gasteiger partial charge on any atom is -0.492 e. The molecule has 10 heteroatoms. The van der Waals surface area contributed by atoms with Crippen LogP contribution in [0.2, 0.25) is 0 Å². The number of piperidine rings is 1. The van der Waals surface area contributed by atoms with Crippen LogP contribution in [0.1, 0.15) is 35.2 Å². The fourth-order valence-electron chi connectivity index (χ4n) is 4.16. The second-order valence-electron chi connectivity index (χ2n) is 8.42. The summed E-state index contributed by atoms with van der Waals surface area (Å²) in [6.45, 7) is 3.37. The minimum absolute atomic E-state index is 0.284. The normalized spacial score (nSPS) is 14.7. The molecular weight excluding hydrogens is 464 g/mol. The van der Waals surface area contributed by atoms with Gasteiger partial charge in [-0.15, -0.1) is 0 Å². The summed E-state index contributed by atoms with van der Waals surface area (Å²) in [5.74, 6) is -2.01. The number of carbonyl (C=O) groups excluding carboxylic acids is 1. The van der Waals surface area contributed by atoms with E-state index in [4.69, 9.17) is 4.74 Å². The molecule has 1 fully saturated rings. The van der Waals surface area contributed by atoms with Crippen molar-refractivity contribution in [2.75, 3.05) is 31.6 Å². The molecule has 3 aromatic rings. The Morgan fingerprint density at radius 2 is 1.89 bits per heavy atom. The predicted octanol–water partition coefficient (Wildman–Crippen LogP) is 5.36. The third-order valence-corrected chi connectivity index (χ3v) is 6.00. The van der Waals surface area contributed by atoms with Crippen molar-refractivity contribution in [3.05, 3.63) is 65.6 Å². The SMILES string of the molecule is Cn1nccc1-c1cc(NC(=O)c2cccc(C(F)(F)F)c2F)ccc1OCCN1CCCCC1. The number of anilines is 1. The number of nitrogens with zero attached hydrogens (tertiary/aromatic N) is 3. The highest BCUT2D eigenvalue weighted by molar-refractivity contribution is 6.05. The van der Waals surface area contributed by atoms with E-state index in [9.17, 15) is 22.4 Å². The van der Waals surface area contributed by atoms with Crippen LogP contribution in [0, 0.1) is 5.82 Å². The second-order valence-corrected chi connectivity index (χ2v) is 8.42. The van der Waals surface area contributed by atoms with Gasteiger partial charge in [0.2, 0.25) is 0 Å². The van der Waals surface area contributed by atoms with Crippen molar-refractivity contribution in [3.8, 4) is 17.0 Å². The van der Waals surface area contributed by atoms with Crippen LogP contribution < -0.4 is 10.1 Å².